The van der Waals surface area contributed by atoms with Crippen molar-refractivity contribution in [2.24, 2.45) is 0 Å². The van der Waals surface area contributed by atoms with Crippen LogP contribution in [0.15, 0.2) is 72.8 Å². The number of rotatable bonds is 10. The molecule has 0 saturated carbocycles. The fourth-order valence-electron chi connectivity index (χ4n) is 5.96. The molecule has 2 aliphatic heterocycles. The van der Waals surface area contributed by atoms with Gasteiger partial charge >= 0.3 is 6.03 Å². The first-order chi connectivity index (χ1) is 21.4. The minimum absolute atomic E-state index is 0.0439. The van der Waals surface area contributed by atoms with Gasteiger partial charge in [-0.2, -0.15) is 0 Å². The second kappa shape index (κ2) is 13.6. The standard InChI is InChI=1S/C33H39N5O6/c1-42-27-19-25(20-28(21-27)43-2)35-32(41)36-17-14-33(15-18-36)31(40)37(23-38(33)26-10-5-4-6-11-26)22-30(39)34-16-13-24-9-7-8-12-29(24)44-3/h4-12,19-21H,13-18,22-23H2,1-3H3,(H,34,39)(H,35,41). The van der Waals surface area contributed by atoms with E-state index in [9.17, 15) is 14.4 Å². The Bertz CT molecular complexity index is 1450. The molecule has 2 aliphatic rings. The van der Waals surface area contributed by atoms with E-state index in [1.165, 1.54) is 0 Å². The van der Waals surface area contributed by atoms with Crippen LogP contribution in [0.5, 0.6) is 17.2 Å². The maximum atomic E-state index is 14.0. The van der Waals surface area contributed by atoms with Crippen LogP contribution in [-0.4, -0.2) is 87.4 Å². The Kier molecular flexibility index (Phi) is 9.42. The van der Waals surface area contributed by atoms with Gasteiger partial charge in [0.25, 0.3) is 5.91 Å². The zero-order chi connectivity index (χ0) is 31.1. The van der Waals surface area contributed by atoms with Crippen LogP contribution in [0.1, 0.15) is 18.4 Å². The summed E-state index contributed by atoms with van der Waals surface area (Å²) in [6.07, 6.45) is 1.48. The normalized spacial score (nSPS) is 15.7. The molecule has 4 amide bonds. The van der Waals surface area contributed by atoms with Crippen molar-refractivity contribution in [3.05, 3.63) is 78.4 Å². The first kappa shape index (κ1) is 30.5. The van der Waals surface area contributed by atoms with Gasteiger partial charge in [0.05, 0.1) is 28.0 Å². The fraction of sp³-hybridized carbons (Fsp3) is 0.364. The lowest BCUT2D eigenvalue weighted by atomic mass is 9.85. The fourth-order valence-corrected chi connectivity index (χ4v) is 5.96. The SMILES string of the molecule is COc1cc(NC(=O)N2CCC3(CC2)C(=O)N(CC(=O)NCCc2ccccc2OC)CN3c2ccccc2)cc(OC)c1. The van der Waals surface area contributed by atoms with Crippen LogP contribution in [0.2, 0.25) is 0 Å². The predicted octanol–water partition coefficient (Wildman–Crippen LogP) is 3.74. The minimum Gasteiger partial charge on any atom is -0.497 e. The number of hydrogen-bond donors (Lipinski definition) is 2. The lowest BCUT2D eigenvalue weighted by Gasteiger charge is -2.43. The van der Waals surface area contributed by atoms with Gasteiger partial charge in [-0.05, 0) is 43.0 Å². The Balaban J connectivity index is 1.24. The second-order valence-corrected chi connectivity index (χ2v) is 10.9. The van der Waals surface area contributed by atoms with E-state index in [4.69, 9.17) is 14.2 Å². The molecule has 11 nitrogen and oxygen atoms in total. The molecule has 2 N–H and O–H groups in total. The molecule has 2 saturated heterocycles. The van der Waals surface area contributed by atoms with Gasteiger partial charge in [0.15, 0.2) is 0 Å². The molecule has 2 heterocycles. The van der Waals surface area contributed by atoms with Crippen molar-refractivity contribution in [1.29, 1.82) is 0 Å². The van der Waals surface area contributed by atoms with E-state index < -0.39 is 5.54 Å². The molecular weight excluding hydrogens is 562 g/mol. The van der Waals surface area contributed by atoms with Gasteiger partial charge in [0, 0.05) is 49.2 Å². The lowest BCUT2D eigenvalue weighted by Crippen LogP contribution is -2.58. The molecule has 2 fully saturated rings. The van der Waals surface area contributed by atoms with Crippen LogP contribution >= 0.6 is 0 Å². The number of carbonyl (C=O) groups excluding carboxylic acids is 3. The summed E-state index contributed by atoms with van der Waals surface area (Å²) in [5.74, 6) is 1.59. The molecular formula is C33H39N5O6. The molecule has 0 atom stereocenters. The number of ether oxygens (including phenoxy) is 3. The summed E-state index contributed by atoms with van der Waals surface area (Å²) in [5, 5.41) is 5.88. The van der Waals surface area contributed by atoms with Crippen molar-refractivity contribution in [2.75, 3.05) is 64.4 Å². The molecule has 3 aromatic carbocycles. The summed E-state index contributed by atoms with van der Waals surface area (Å²) in [5.41, 5.74) is 1.61. The molecule has 0 radical (unpaired) electrons. The number of methoxy groups -OCH3 is 3. The Labute approximate surface area is 257 Å². The van der Waals surface area contributed by atoms with Crippen LogP contribution in [0.3, 0.4) is 0 Å². The predicted molar refractivity (Wildman–Crippen MR) is 167 cm³/mol. The van der Waals surface area contributed by atoms with Gasteiger partial charge in [0.1, 0.15) is 29.3 Å². The van der Waals surface area contributed by atoms with E-state index >= 15 is 0 Å². The van der Waals surface area contributed by atoms with Crippen LogP contribution in [0.4, 0.5) is 16.2 Å². The van der Waals surface area contributed by atoms with Crippen molar-refractivity contribution >= 4 is 29.2 Å². The topological polar surface area (TPSA) is 113 Å². The number of amides is 4. The second-order valence-electron chi connectivity index (χ2n) is 10.9. The Morgan fingerprint density at radius 3 is 2.18 bits per heavy atom. The molecule has 0 bridgehead atoms. The van der Waals surface area contributed by atoms with Gasteiger partial charge in [-0.3, -0.25) is 9.59 Å². The molecule has 232 valence electrons. The van der Waals surface area contributed by atoms with E-state index in [2.05, 4.69) is 15.5 Å². The number of nitrogens with zero attached hydrogens (tertiary/aromatic N) is 3. The first-order valence-corrected chi connectivity index (χ1v) is 14.7. The van der Waals surface area contributed by atoms with Crippen molar-refractivity contribution in [1.82, 2.24) is 15.1 Å². The van der Waals surface area contributed by atoms with E-state index in [1.807, 2.05) is 54.6 Å². The number of piperidine rings is 1. The van der Waals surface area contributed by atoms with Gasteiger partial charge in [-0.1, -0.05) is 36.4 Å². The van der Waals surface area contributed by atoms with Crippen LogP contribution in [0.25, 0.3) is 0 Å². The molecule has 0 aliphatic carbocycles. The highest BCUT2D eigenvalue weighted by molar-refractivity contribution is 5.97. The van der Waals surface area contributed by atoms with Gasteiger partial charge in [-0.15, -0.1) is 0 Å². The van der Waals surface area contributed by atoms with Crippen molar-refractivity contribution in [2.45, 2.75) is 24.8 Å². The highest BCUT2D eigenvalue weighted by Crippen LogP contribution is 2.39. The van der Waals surface area contributed by atoms with Crippen molar-refractivity contribution in [3.8, 4) is 17.2 Å². The number of para-hydroxylation sites is 2. The summed E-state index contributed by atoms with van der Waals surface area (Å²) in [7, 11) is 4.73. The van der Waals surface area contributed by atoms with Crippen molar-refractivity contribution < 1.29 is 28.6 Å². The van der Waals surface area contributed by atoms with Crippen LogP contribution < -0.4 is 29.7 Å². The maximum Gasteiger partial charge on any atom is 0.321 e. The number of anilines is 2. The third-order valence-electron chi connectivity index (χ3n) is 8.31. The van der Waals surface area contributed by atoms with E-state index in [0.29, 0.717) is 62.8 Å². The third kappa shape index (κ3) is 6.51. The molecule has 3 aromatic rings. The number of nitrogens with one attached hydrogen (secondary N) is 2. The van der Waals surface area contributed by atoms with Crippen LogP contribution in [0, 0.1) is 0 Å². The van der Waals surface area contributed by atoms with E-state index in [0.717, 1.165) is 17.0 Å². The zero-order valence-electron chi connectivity index (χ0n) is 25.4. The molecule has 1 spiro atoms. The highest BCUT2D eigenvalue weighted by atomic mass is 16.5. The quantitative estimate of drug-likeness (QED) is 0.364. The van der Waals surface area contributed by atoms with E-state index in [1.54, 1.807) is 49.3 Å². The van der Waals surface area contributed by atoms with E-state index in [-0.39, 0.29) is 24.4 Å². The summed E-state index contributed by atoms with van der Waals surface area (Å²) in [6, 6.07) is 22.4. The smallest absolute Gasteiger partial charge is 0.321 e. The summed E-state index contributed by atoms with van der Waals surface area (Å²) < 4.78 is 16.0. The Hall–Kier alpha value is -4.93. The molecule has 44 heavy (non-hydrogen) atoms. The zero-order valence-corrected chi connectivity index (χ0v) is 25.4. The number of urea groups is 1. The summed E-state index contributed by atoms with van der Waals surface area (Å²) >= 11 is 0. The van der Waals surface area contributed by atoms with Gasteiger partial charge in [-0.25, -0.2) is 4.79 Å². The minimum atomic E-state index is -0.852. The van der Waals surface area contributed by atoms with Gasteiger partial charge < -0.3 is 39.5 Å². The lowest BCUT2D eigenvalue weighted by molar-refractivity contribution is -0.137. The summed E-state index contributed by atoms with van der Waals surface area (Å²) in [4.78, 5) is 45.6. The number of likely N-dealkylation sites (tertiary alicyclic amines) is 1. The average molecular weight is 602 g/mol. The van der Waals surface area contributed by atoms with Gasteiger partial charge in [0.2, 0.25) is 5.91 Å². The van der Waals surface area contributed by atoms with Crippen molar-refractivity contribution in [3.63, 3.8) is 0 Å². The number of hydrogen-bond acceptors (Lipinski definition) is 7. The third-order valence-corrected chi connectivity index (χ3v) is 8.31. The highest BCUT2D eigenvalue weighted by Gasteiger charge is 2.54. The number of carbonyl (C=O) groups is 3. The Morgan fingerprint density at radius 2 is 1.52 bits per heavy atom. The monoisotopic (exact) mass is 601 g/mol. The maximum absolute atomic E-state index is 14.0. The number of benzene rings is 3. The summed E-state index contributed by atoms with van der Waals surface area (Å²) in [6.45, 7) is 1.43. The molecule has 0 unspecified atom stereocenters. The molecule has 0 aromatic heterocycles. The first-order valence-electron chi connectivity index (χ1n) is 14.7. The van der Waals surface area contributed by atoms with Crippen LogP contribution in [-0.2, 0) is 16.0 Å². The molecule has 5 rings (SSSR count). The molecule has 11 heteroatoms. The largest absolute Gasteiger partial charge is 0.497 e. The average Bonchev–Trinajstić information content (AvgIpc) is 3.31. The Morgan fingerprint density at radius 1 is 0.864 bits per heavy atom.